The Morgan fingerprint density at radius 2 is 2.06 bits per heavy atom. The first kappa shape index (κ1) is 14.5. The van der Waals surface area contributed by atoms with Crippen molar-refractivity contribution in [2.24, 2.45) is 5.92 Å². The number of carbonyl (C=O) groups is 1. The second-order valence-electron chi connectivity index (χ2n) is 5.75. The first-order valence-corrected chi connectivity index (χ1v) is 6.99. The van der Waals surface area contributed by atoms with E-state index in [-0.39, 0.29) is 5.91 Å². The smallest absolute Gasteiger partial charge is 0.242 e. The quantitative estimate of drug-likeness (QED) is 0.818. The van der Waals surface area contributed by atoms with Crippen molar-refractivity contribution < 1.29 is 4.79 Å². The number of hydrogen-bond acceptors (Lipinski definition) is 2. The largest absolute Gasteiger partial charge is 0.341 e. The summed E-state index contributed by atoms with van der Waals surface area (Å²) in [7, 11) is 1.86. The van der Waals surface area contributed by atoms with Gasteiger partial charge in [0.15, 0.2) is 0 Å². The van der Waals surface area contributed by atoms with Gasteiger partial charge in [-0.2, -0.15) is 0 Å². The van der Waals surface area contributed by atoms with Crippen LogP contribution >= 0.6 is 0 Å². The maximum Gasteiger partial charge on any atom is 0.242 e. The summed E-state index contributed by atoms with van der Waals surface area (Å²) in [4.78, 5) is 14.4. The Labute approximate surface area is 106 Å². The minimum absolute atomic E-state index is 0.247. The standard InChI is InChI=1S/C14H28N2O/c1-5-7-12-8-6-10-16(11-9-12)13(17)14(2,3)15-4/h12,15H,5-11H2,1-4H3. The van der Waals surface area contributed by atoms with Crippen LogP contribution in [-0.4, -0.2) is 36.5 Å². The van der Waals surface area contributed by atoms with Gasteiger partial charge < -0.3 is 10.2 Å². The third-order valence-corrected chi connectivity index (χ3v) is 3.99. The van der Waals surface area contributed by atoms with Crippen molar-refractivity contribution in [1.82, 2.24) is 10.2 Å². The fourth-order valence-corrected chi connectivity index (χ4v) is 2.57. The molecule has 1 atom stereocenters. The van der Waals surface area contributed by atoms with E-state index in [0.717, 1.165) is 25.4 Å². The average Bonchev–Trinajstić information content (AvgIpc) is 2.54. The van der Waals surface area contributed by atoms with Gasteiger partial charge in [-0.1, -0.05) is 19.8 Å². The van der Waals surface area contributed by atoms with E-state index in [9.17, 15) is 4.79 Å². The van der Waals surface area contributed by atoms with Crippen LogP contribution in [0.5, 0.6) is 0 Å². The number of likely N-dealkylation sites (tertiary alicyclic amines) is 1. The molecule has 100 valence electrons. The molecule has 0 radical (unpaired) electrons. The van der Waals surface area contributed by atoms with E-state index in [1.165, 1.54) is 25.7 Å². The van der Waals surface area contributed by atoms with Crippen LogP contribution in [-0.2, 0) is 4.79 Å². The molecule has 1 N–H and O–H groups in total. The van der Waals surface area contributed by atoms with Gasteiger partial charge in [0.2, 0.25) is 5.91 Å². The lowest BCUT2D eigenvalue weighted by atomic mass is 9.96. The Bertz CT molecular complexity index is 251. The van der Waals surface area contributed by atoms with Crippen LogP contribution in [0.1, 0.15) is 52.9 Å². The topological polar surface area (TPSA) is 32.3 Å². The zero-order chi connectivity index (χ0) is 12.9. The second-order valence-corrected chi connectivity index (χ2v) is 5.75. The molecule has 0 spiro atoms. The van der Waals surface area contributed by atoms with Crippen molar-refractivity contribution in [1.29, 1.82) is 0 Å². The fraction of sp³-hybridized carbons (Fsp3) is 0.929. The molecule has 1 saturated heterocycles. The number of nitrogens with zero attached hydrogens (tertiary/aromatic N) is 1. The highest BCUT2D eigenvalue weighted by Gasteiger charge is 2.31. The van der Waals surface area contributed by atoms with Gasteiger partial charge in [0.05, 0.1) is 5.54 Å². The van der Waals surface area contributed by atoms with E-state index in [0.29, 0.717) is 0 Å². The van der Waals surface area contributed by atoms with Gasteiger partial charge in [-0.15, -0.1) is 0 Å². The summed E-state index contributed by atoms with van der Waals surface area (Å²) < 4.78 is 0. The van der Waals surface area contributed by atoms with Gasteiger partial charge in [0, 0.05) is 13.1 Å². The van der Waals surface area contributed by atoms with Crippen LogP contribution in [0.25, 0.3) is 0 Å². The maximum atomic E-state index is 12.3. The molecule has 1 unspecified atom stereocenters. The molecular weight excluding hydrogens is 212 g/mol. The molecular formula is C14H28N2O. The summed E-state index contributed by atoms with van der Waals surface area (Å²) >= 11 is 0. The van der Waals surface area contributed by atoms with Crippen LogP contribution < -0.4 is 5.32 Å². The molecule has 1 rings (SSSR count). The van der Waals surface area contributed by atoms with Gasteiger partial charge in [-0.3, -0.25) is 4.79 Å². The normalized spacial score (nSPS) is 22.4. The average molecular weight is 240 g/mol. The van der Waals surface area contributed by atoms with Crippen molar-refractivity contribution in [3.8, 4) is 0 Å². The van der Waals surface area contributed by atoms with Gasteiger partial charge in [0.1, 0.15) is 0 Å². The molecule has 0 bridgehead atoms. The first-order valence-electron chi connectivity index (χ1n) is 6.99. The number of rotatable bonds is 4. The zero-order valence-corrected chi connectivity index (χ0v) is 11.9. The zero-order valence-electron chi connectivity index (χ0n) is 11.9. The van der Waals surface area contributed by atoms with Crippen LogP contribution in [0.3, 0.4) is 0 Å². The second kappa shape index (κ2) is 6.39. The molecule has 17 heavy (non-hydrogen) atoms. The number of nitrogens with one attached hydrogen (secondary N) is 1. The molecule has 0 aliphatic carbocycles. The maximum absolute atomic E-state index is 12.3. The minimum Gasteiger partial charge on any atom is -0.341 e. The van der Waals surface area contributed by atoms with Crippen molar-refractivity contribution in [3.63, 3.8) is 0 Å². The van der Waals surface area contributed by atoms with Crippen LogP contribution in [0.4, 0.5) is 0 Å². The highest BCUT2D eigenvalue weighted by molar-refractivity contribution is 5.85. The third kappa shape index (κ3) is 3.98. The summed E-state index contributed by atoms with van der Waals surface area (Å²) in [5.74, 6) is 1.08. The molecule has 1 aliphatic rings. The predicted molar refractivity (Wildman–Crippen MR) is 72.0 cm³/mol. The first-order chi connectivity index (χ1) is 8.01. The summed E-state index contributed by atoms with van der Waals surface area (Å²) in [5, 5.41) is 3.10. The van der Waals surface area contributed by atoms with Crippen LogP contribution in [0.2, 0.25) is 0 Å². The Balaban J connectivity index is 2.54. The van der Waals surface area contributed by atoms with E-state index in [4.69, 9.17) is 0 Å². The lowest BCUT2D eigenvalue weighted by Gasteiger charge is -2.31. The Kier molecular flexibility index (Phi) is 5.44. The molecule has 1 fully saturated rings. The van der Waals surface area contributed by atoms with Gasteiger partial charge in [0.25, 0.3) is 0 Å². The van der Waals surface area contributed by atoms with Crippen LogP contribution in [0, 0.1) is 5.92 Å². The Morgan fingerprint density at radius 1 is 1.35 bits per heavy atom. The molecule has 1 aliphatic heterocycles. The summed E-state index contributed by atoms with van der Waals surface area (Å²) in [6.45, 7) is 8.05. The number of likely N-dealkylation sites (N-methyl/N-ethyl adjacent to an activating group) is 1. The van der Waals surface area contributed by atoms with Crippen molar-refractivity contribution in [2.75, 3.05) is 20.1 Å². The highest BCUT2D eigenvalue weighted by Crippen LogP contribution is 2.23. The van der Waals surface area contributed by atoms with Gasteiger partial charge in [-0.25, -0.2) is 0 Å². The highest BCUT2D eigenvalue weighted by atomic mass is 16.2. The summed E-state index contributed by atoms with van der Waals surface area (Å²) in [6.07, 6.45) is 6.21. The molecule has 3 nitrogen and oxygen atoms in total. The van der Waals surface area contributed by atoms with E-state index in [2.05, 4.69) is 12.2 Å². The fourth-order valence-electron chi connectivity index (χ4n) is 2.57. The number of hydrogen-bond donors (Lipinski definition) is 1. The minimum atomic E-state index is -0.426. The lowest BCUT2D eigenvalue weighted by molar-refractivity contribution is -0.136. The van der Waals surface area contributed by atoms with Gasteiger partial charge >= 0.3 is 0 Å². The SMILES string of the molecule is CCCC1CCCN(C(=O)C(C)(C)NC)CC1. The van der Waals surface area contributed by atoms with Crippen molar-refractivity contribution >= 4 is 5.91 Å². The monoisotopic (exact) mass is 240 g/mol. The van der Waals surface area contributed by atoms with Crippen molar-refractivity contribution in [3.05, 3.63) is 0 Å². The molecule has 1 heterocycles. The Hall–Kier alpha value is -0.570. The van der Waals surface area contributed by atoms with E-state index >= 15 is 0 Å². The molecule has 3 heteroatoms. The number of carbonyl (C=O) groups excluding carboxylic acids is 1. The third-order valence-electron chi connectivity index (χ3n) is 3.99. The summed E-state index contributed by atoms with van der Waals surface area (Å²) in [6, 6.07) is 0. The summed E-state index contributed by atoms with van der Waals surface area (Å²) in [5.41, 5.74) is -0.426. The van der Waals surface area contributed by atoms with Crippen LogP contribution in [0.15, 0.2) is 0 Å². The van der Waals surface area contributed by atoms with E-state index in [1.54, 1.807) is 0 Å². The lowest BCUT2D eigenvalue weighted by Crippen LogP contribution is -2.53. The number of amides is 1. The predicted octanol–water partition coefficient (Wildman–Crippen LogP) is 2.41. The van der Waals surface area contributed by atoms with E-state index in [1.807, 2.05) is 25.8 Å². The molecule has 0 aromatic heterocycles. The molecule has 0 aromatic carbocycles. The van der Waals surface area contributed by atoms with E-state index < -0.39 is 5.54 Å². The van der Waals surface area contributed by atoms with Crippen molar-refractivity contribution in [2.45, 2.75) is 58.4 Å². The Morgan fingerprint density at radius 3 is 2.65 bits per heavy atom. The molecule has 1 amide bonds. The molecule has 0 aromatic rings. The van der Waals surface area contributed by atoms with Gasteiger partial charge in [-0.05, 0) is 46.1 Å². The molecule has 0 saturated carbocycles.